The topological polar surface area (TPSA) is 0 Å². The molecule has 0 nitrogen and oxygen atoms in total. The van der Waals surface area contributed by atoms with Crippen molar-refractivity contribution in [3.63, 3.8) is 0 Å². The monoisotopic (exact) mass is 512 g/mol. The van der Waals surface area contributed by atoms with E-state index in [9.17, 15) is 0 Å². The van der Waals surface area contributed by atoms with Crippen LogP contribution in [0.5, 0.6) is 0 Å². The van der Waals surface area contributed by atoms with Crippen LogP contribution in [0.25, 0.3) is 0 Å². The Kier molecular flexibility index (Phi) is 12.7. The fourth-order valence-electron chi connectivity index (χ4n) is 4.32. The third-order valence-corrected chi connectivity index (χ3v) is 7.63. The van der Waals surface area contributed by atoms with Gasteiger partial charge in [-0.3, -0.25) is 0 Å². The molecule has 160 valence electrons. The Bertz CT molecular complexity index is 823. The summed E-state index contributed by atoms with van der Waals surface area (Å²) in [6.45, 7) is 14.4. The van der Waals surface area contributed by atoms with Crippen LogP contribution in [0.4, 0.5) is 0 Å². The summed E-state index contributed by atoms with van der Waals surface area (Å²) in [4.78, 5) is 0. The van der Waals surface area contributed by atoms with Gasteiger partial charge in [-0.2, -0.15) is 22.9 Å². The predicted molar refractivity (Wildman–Crippen MR) is 117 cm³/mol. The van der Waals surface area contributed by atoms with Crippen molar-refractivity contribution in [2.45, 2.75) is 45.8 Å². The van der Waals surface area contributed by atoms with Gasteiger partial charge in [0, 0.05) is 8.07 Å². The van der Waals surface area contributed by atoms with Crippen molar-refractivity contribution < 1.29 is 58.9 Å². The molecule has 5 heteroatoms. The largest absolute Gasteiger partial charge is 4.00 e. The molecule has 3 rings (SSSR count). The van der Waals surface area contributed by atoms with Crippen LogP contribution in [0.1, 0.15) is 37.5 Å². The summed E-state index contributed by atoms with van der Waals surface area (Å²) in [7, 11) is -1.35. The molecule has 0 aromatic heterocycles. The minimum atomic E-state index is -1.35. The van der Waals surface area contributed by atoms with Crippen LogP contribution < -0.4 is 42.4 Å². The number of hydrogen-bond acceptors (Lipinski definition) is 0. The molecule has 0 unspecified atom stereocenters. The van der Waals surface area contributed by atoms with E-state index in [1.54, 1.807) is 0 Å². The number of benzene rings is 2. The first kappa shape index (κ1) is 31.8. The fourth-order valence-corrected chi connectivity index (χ4v) is 5.49. The smallest absolute Gasteiger partial charge is 1.00 e. The summed E-state index contributed by atoms with van der Waals surface area (Å²) < 4.78 is 0. The van der Waals surface area contributed by atoms with Crippen molar-refractivity contribution in [2.75, 3.05) is 0 Å². The molecule has 30 heavy (non-hydrogen) atoms. The van der Waals surface area contributed by atoms with Crippen LogP contribution in [0, 0.1) is 5.41 Å². The molecule has 0 aliphatic rings. The van der Waals surface area contributed by atoms with Crippen molar-refractivity contribution in [2.24, 2.45) is 5.41 Å². The fraction of sp³-hybridized carbons (Fsp3) is 0.320. The van der Waals surface area contributed by atoms with Crippen LogP contribution in [0.15, 0.2) is 78.9 Å². The third-order valence-electron chi connectivity index (χ3n) is 5.59. The van der Waals surface area contributed by atoms with Crippen molar-refractivity contribution in [1.82, 2.24) is 0 Å². The van der Waals surface area contributed by atoms with E-state index in [2.05, 4.69) is 119 Å². The first-order chi connectivity index (χ1) is 12.2. The molecule has 3 aromatic carbocycles. The molecule has 0 fully saturated rings. The quantitative estimate of drug-likeness (QED) is 0.264. The van der Waals surface area contributed by atoms with Gasteiger partial charge in [-0.25, -0.2) is 6.07 Å². The van der Waals surface area contributed by atoms with Crippen molar-refractivity contribution >= 4 is 13.3 Å². The van der Waals surface area contributed by atoms with E-state index in [-0.39, 0.29) is 69.8 Å². The zero-order chi connectivity index (χ0) is 19.0. The van der Waals surface area contributed by atoms with Crippen LogP contribution >= 0.6 is 0 Å². The van der Waals surface area contributed by atoms with E-state index < -0.39 is 8.07 Å². The van der Waals surface area contributed by atoms with Crippen molar-refractivity contribution in [1.29, 1.82) is 0 Å². The maximum absolute atomic E-state index is 2.48. The molecule has 0 radical (unpaired) electrons. The van der Waals surface area contributed by atoms with Gasteiger partial charge in [-0.05, 0) is 22.0 Å². The predicted octanol–water partition coefficient (Wildman–Crippen LogP) is -2.66. The molecule has 0 amide bonds. The van der Waals surface area contributed by atoms with Crippen LogP contribution in [0.2, 0.25) is 19.6 Å². The normalized spacial score (nSPS) is 11.3. The van der Waals surface area contributed by atoms with E-state index in [0.717, 1.165) is 0 Å². The molecule has 0 saturated carbocycles. The summed E-state index contributed by atoms with van der Waals surface area (Å²) in [5.41, 5.74) is 4.01. The number of hydrogen-bond donors (Lipinski definition) is 0. The Labute approximate surface area is 217 Å². The van der Waals surface area contributed by atoms with Crippen LogP contribution in [0.3, 0.4) is 0 Å². The molecular weight excluding hydrogens is 483 g/mol. The first-order valence-corrected chi connectivity index (χ1v) is 13.1. The van der Waals surface area contributed by atoms with Gasteiger partial charge in [0.25, 0.3) is 0 Å². The van der Waals surface area contributed by atoms with E-state index in [0.29, 0.717) is 0 Å². The molecule has 0 saturated heterocycles. The van der Waals surface area contributed by atoms with Gasteiger partial charge in [0.05, 0.1) is 0 Å². The van der Waals surface area contributed by atoms with Gasteiger partial charge in [0.15, 0.2) is 0 Å². The van der Waals surface area contributed by atoms with E-state index >= 15 is 0 Å². The van der Waals surface area contributed by atoms with E-state index in [4.69, 9.17) is 0 Å². The van der Waals surface area contributed by atoms with Crippen LogP contribution in [-0.4, -0.2) is 8.07 Å². The van der Waals surface area contributed by atoms with E-state index in [1.165, 1.54) is 21.9 Å². The summed E-state index contributed by atoms with van der Waals surface area (Å²) in [6, 6.07) is 29.3. The summed E-state index contributed by atoms with van der Waals surface area (Å²) >= 11 is 0. The van der Waals surface area contributed by atoms with Gasteiger partial charge in [-0.15, -0.1) is 0 Å². The maximum atomic E-state index is 2.48. The van der Waals surface area contributed by atoms with Gasteiger partial charge >= 0.3 is 21.7 Å². The second-order valence-corrected chi connectivity index (χ2v) is 14.4. The molecule has 0 aliphatic heterocycles. The first-order valence-electron chi connectivity index (χ1n) is 9.56. The zero-order valence-corrected chi connectivity index (χ0v) is 23.5. The standard InChI is InChI=1S/C25H31Si.3ClH.Ti/c1-24(2,3)25(20-13-9-7-10-14-20,21-15-11-8-12-16-21)22-17-18-23(19-22)26(4,5)6;;;;/h7-19H,1-6H3;3*1H;/q-1;;;;+4/p-3. The SMILES string of the molecule is CC(C)(C)C(c1ccccc1)(c1ccccc1)c1cc[c-]([Si](C)(C)C)c1.[Cl-].[Cl-].[Cl-].[Ti+4]. The van der Waals surface area contributed by atoms with Gasteiger partial charge in [0.1, 0.15) is 0 Å². The Balaban J connectivity index is 0. The van der Waals surface area contributed by atoms with E-state index in [1.807, 2.05) is 0 Å². The second kappa shape index (κ2) is 12.0. The van der Waals surface area contributed by atoms with Crippen molar-refractivity contribution in [3.8, 4) is 0 Å². The van der Waals surface area contributed by atoms with Crippen molar-refractivity contribution in [3.05, 3.63) is 95.6 Å². The molecule has 0 spiro atoms. The summed E-state index contributed by atoms with van der Waals surface area (Å²) in [5.74, 6) is 0. The minimum absolute atomic E-state index is 0. The maximum Gasteiger partial charge on any atom is 4.00 e. The molecule has 0 N–H and O–H groups in total. The third kappa shape index (κ3) is 5.88. The minimum Gasteiger partial charge on any atom is -1.00 e. The second-order valence-electron chi connectivity index (χ2n) is 9.37. The molecule has 3 aromatic rings. The Morgan fingerprint density at radius 1 is 0.633 bits per heavy atom. The zero-order valence-electron chi connectivity index (χ0n) is 18.6. The molecule has 0 atom stereocenters. The molecule has 0 heterocycles. The summed E-state index contributed by atoms with van der Waals surface area (Å²) in [6.07, 6.45) is 0. The Morgan fingerprint density at radius 3 is 1.33 bits per heavy atom. The van der Waals surface area contributed by atoms with Crippen LogP contribution in [-0.2, 0) is 27.1 Å². The van der Waals surface area contributed by atoms with Gasteiger partial charge in [-0.1, -0.05) is 101 Å². The number of halogens is 3. The Hall–Kier alpha value is -0.409. The van der Waals surface area contributed by atoms with Gasteiger partial charge in [0.2, 0.25) is 0 Å². The number of rotatable bonds is 4. The Morgan fingerprint density at radius 2 is 1.03 bits per heavy atom. The molecule has 0 bridgehead atoms. The molecule has 0 aliphatic carbocycles. The van der Waals surface area contributed by atoms with Gasteiger partial charge < -0.3 is 37.2 Å². The average Bonchev–Trinajstić information content (AvgIpc) is 3.07. The molecular formula is C25H31Cl3SiTi. The average molecular weight is 514 g/mol. The summed E-state index contributed by atoms with van der Waals surface area (Å²) in [5, 5.41) is 1.54.